The van der Waals surface area contributed by atoms with Gasteiger partial charge in [-0.15, -0.1) is 0 Å². The van der Waals surface area contributed by atoms with Gasteiger partial charge < -0.3 is 19.9 Å². The van der Waals surface area contributed by atoms with Crippen LogP contribution in [-0.2, 0) is 18.1 Å². The number of rotatable bonds is 11. The summed E-state index contributed by atoms with van der Waals surface area (Å²) in [7, 11) is 0. The van der Waals surface area contributed by atoms with Gasteiger partial charge in [-0.05, 0) is 85.1 Å². The van der Waals surface area contributed by atoms with E-state index in [1.165, 1.54) is 24.3 Å². The molecular weight excluding hydrogens is 664 g/mol. The number of alkyl halides is 7. The zero-order chi connectivity index (χ0) is 35.6. The average molecular weight is 690 g/mol. The molecule has 4 aromatic rings. The van der Waals surface area contributed by atoms with Crippen LogP contribution in [0.25, 0.3) is 0 Å². The Labute approximate surface area is 266 Å². The van der Waals surface area contributed by atoms with E-state index < -0.39 is 88.3 Å². The molecule has 4 rings (SSSR count). The van der Waals surface area contributed by atoms with Gasteiger partial charge in [-0.2, -0.15) is 30.7 Å². The third-order valence-corrected chi connectivity index (χ3v) is 6.93. The molecule has 15 heteroatoms. The maximum Gasteiger partial charge on any atom is 0.461 e. The van der Waals surface area contributed by atoms with E-state index in [4.69, 9.17) is 4.74 Å². The molecule has 4 aromatic carbocycles. The fourth-order valence-electron chi connectivity index (χ4n) is 4.81. The van der Waals surface area contributed by atoms with Crippen LogP contribution < -0.4 is 14.8 Å². The third kappa shape index (κ3) is 8.12. The zero-order valence-corrected chi connectivity index (χ0v) is 24.8. The largest absolute Gasteiger partial charge is 0.508 e. The molecule has 256 valence electrons. The lowest BCUT2D eigenvalue weighted by molar-refractivity contribution is -0.253. The molecule has 48 heavy (non-hydrogen) atoms. The first-order valence-corrected chi connectivity index (χ1v) is 13.9. The Morgan fingerprint density at radius 1 is 0.812 bits per heavy atom. The van der Waals surface area contributed by atoms with E-state index in [-0.39, 0.29) is 22.9 Å². The molecular formula is C33H25F10NO4. The van der Waals surface area contributed by atoms with Crippen molar-refractivity contribution in [3.05, 3.63) is 124 Å². The number of amides is 1. The van der Waals surface area contributed by atoms with Gasteiger partial charge in [0, 0.05) is 18.1 Å². The summed E-state index contributed by atoms with van der Waals surface area (Å²) in [6.45, 7) is 3.09. The average Bonchev–Trinajstić information content (AvgIpc) is 2.97. The van der Waals surface area contributed by atoms with E-state index in [0.29, 0.717) is 30.3 Å². The summed E-state index contributed by atoms with van der Waals surface area (Å²) in [6, 6.07) is 11.1. The van der Waals surface area contributed by atoms with Crippen molar-refractivity contribution >= 4 is 5.91 Å². The van der Waals surface area contributed by atoms with Crippen LogP contribution in [0.2, 0.25) is 0 Å². The van der Waals surface area contributed by atoms with E-state index in [9.17, 15) is 49.4 Å². The molecule has 0 aromatic heterocycles. The van der Waals surface area contributed by atoms with Gasteiger partial charge in [0.15, 0.2) is 11.6 Å². The first-order chi connectivity index (χ1) is 22.3. The summed E-state index contributed by atoms with van der Waals surface area (Å²) in [5, 5.41) is 12.3. The Kier molecular flexibility index (Phi) is 10.2. The molecule has 0 aliphatic rings. The van der Waals surface area contributed by atoms with Crippen molar-refractivity contribution in [2.75, 3.05) is 0 Å². The van der Waals surface area contributed by atoms with Crippen LogP contribution in [0.1, 0.15) is 46.5 Å². The number of carbonyl (C=O) groups excluding carboxylic acids is 1. The number of phenolic OH excluding ortho intramolecular Hbond substituents is 1. The summed E-state index contributed by atoms with van der Waals surface area (Å²) in [4.78, 5) is 13.8. The second-order valence-corrected chi connectivity index (χ2v) is 10.8. The van der Waals surface area contributed by atoms with Crippen LogP contribution in [0.4, 0.5) is 43.9 Å². The molecule has 0 unspecified atom stereocenters. The van der Waals surface area contributed by atoms with Crippen LogP contribution in [0.15, 0.2) is 78.9 Å². The van der Waals surface area contributed by atoms with E-state index in [2.05, 4.69) is 10.1 Å². The molecule has 0 fully saturated rings. The minimum absolute atomic E-state index is 0.156. The van der Waals surface area contributed by atoms with Crippen LogP contribution in [0, 0.1) is 17.5 Å². The maximum absolute atomic E-state index is 15.1. The number of ether oxygens (including phenoxy) is 2. The van der Waals surface area contributed by atoms with Gasteiger partial charge in [-0.1, -0.05) is 18.2 Å². The molecule has 0 saturated heterocycles. The van der Waals surface area contributed by atoms with Gasteiger partial charge in [0.25, 0.3) is 5.91 Å². The fraction of sp³-hybridized carbons (Fsp3) is 0.242. The second-order valence-electron chi connectivity index (χ2n) is 10.8. The standard InChI is InChI=1S/C33H25F10NO4/c1-17(2)47-28-14-20(6-10-27(28)36)31(16-18-3-7-23(45)8-4-18,21-12-22(34)15-24(13-21)48-33(42,43)30(37)38)44-29(46)19-5-9-26(35)25(11-19)32(39,40)41/h3-15,17,30,45H,16H2,1-2H3,(H,44,46)/t31-/m1/s1. The number of hydrogen-bond acceptors (Lipinski definition) is 4. The van der Waals surface area contributed by atoms with Crippen molar-refractivity contribution in [1.29, 1.82) is 0 Å². The van der Waals surface area contributed by atoms with Crippen LogP contribution >= 0.6 is 0 Å². The van der Waals surface area contributed by atoms with Crippen LogP contribution in [0.5, 0.6) is 17.2 Å². The number of nitrogens with one attached hydrogen (secondary N) is 1. The summed E-state index contributed by atoms with van der Waals surface area (Å²) in [5.41, 5.74) is -5.23. The lowest BCUT2D eigenvalue weighted by atomic mass is 9.77. The van der Waals surface area contributed by atoms with E-state index in [1.807, 2.05) is 0 Å². The van der Waals surface area contributed by atoms with E-state index >= 15 is 4.39 Å². The Morgan fingerprint density at radius 2 is 1.46 bits per heavy atom. The van der Waals surface area contributed by atoms with E-state index in [1.54, 1.807) is 13.8 Å². The summed E-state index contributed by atoms with van der Waals surface area (Å²) >= 11 is 0. The Morgan fingerprint density at radius 3 is 2.06 bits per heavy atom. The monoisotopic (exact) mass is 689 g/mol. The number of benzene rings is 4. The second kappa shape index (κ2) is 13.6. The number of carbonyl (C=O) groups is 1. The van der Waals surface area contributed by atoms with Gasteiger partial charge in [-0.3, -0.25) is 4.79 Å². The third-order valence-electron chi connectivity index (χ3n) is 6.93. The Hall–Kier alpha value is -4.95. The highest BCUT2D eigenvalue weighted by atomic mass is 19.4. The lowest BCUT2D eigenvalue weighted by Gasteiger charge is -2.37. The predicted octanol–water partition coefficient (Wildman–Crippen LogP) is 8.77. The number of hydrogen-bond donors (Lipinski definition) is 2. The molecule has 1 atom stereocenters. The van der Waals surface area contributed by atoms with Gasteiger partial charge in [-0.25, -0.2) is 13.2 Å². The highest BCUT2D eigenvalue weighted by molar-refractivity contribution is 5.95. The van der Waals surface area contributed by atoms with Crippen LogP contribution in [0.3, 0.4) is 0 Å². The minimum atomic E-state index is -5.23. The number of halogens is 10. The quantitative estimate of drug-likeness (QED) is 0.155. The van der Waals surface area contributed by atoms with E-state index in [0.717, 1.165) is 18.2 Å². The minimum Gasteiger partial charge on any atom is -0.508 e. The number of aromatic hydroxyl groups is 1. The fourth-order valence-corrected chi connectivity index (χ4v) is 4.81. The highest BCUT2D eigenvalue weighted by Gasteiger charge is 2.45. The smallest absolute Gasteiger partial charge is 0.461 e. The van der Waals surface area contributed by atoms with Gasteiger partial charge >= 0.3 is 18.7 Å². The molecule has 0 saturated carbocycles. The van der Waals surface area contributed by atoms with Gasteiger partial charge in [0.2, 0.25) is 0 Å². The lowest BCUT2D eigenvalue weighted by Crippen LogP contribution is -2.49. The maximum atomic E-state index is 15.1. The van der Waals surface area contributed by atoms with Gasteiger partial charge in [0.05, 0.1) is 17.2 Å². The normalized spacial score (nSPS) is 13.4. The zero-order valence-electron chi connectivity index (χ0n) is 24.8. The summed E-state index contributed by atoms with van der Waals surface area (Å²) < 4.78 is 148. The predicted molar refractivity (Wildman–Crippen MR) is 152 cm³/mol. The SMILES string of the molecule is CC(C)Oc1cc([C@@](Cc2ccc(O)cc2)(NC(=O)c2ccc(F)c(C(F)(F)F)c2)c2cc(F)cc(OC(F)(F)C(F)F)c2)ccc1F. The summed E-state index contributed by atoms with van der Waals surface area (Å²) in [6.07, 6.45) is -15.8. The molecule has 2 N–H and O–H groups in total. The molecule has 0 aliphatic carbocycles. The molecule has 0 heterocycles. The van der Waals surface area contributed by atoms with Crippen molar-refractivity contribution in [3.8, 4) is 17.2 Å². The molecule has 0 spiro atoms. The topological polar surface area (TPSA) is 67.8 Å². The molecule has 1 amide bonds. The molecule has 0 aliphatic heterocycles. The Bertz CT molecular complexity index is 1780. The molecule has 0 radical (unpaired) electrons. The first kappa shape index (κ1) is 35.9. The summed E-state index contributed by atoms with van der Waals surface area (Å²) in [5.74, 6) is -7.05. The Balaban J connectivity index is 2.03. The van der Waals surface area contributed by atoms with Crippen molar-refractivity contribution in [2.45, 2.75) is 50.6 Å². The highest BCUT2D eigenvalue weighted by Crippen LogP contribution is 2.40. The van der Waals surface area contributed by atoms with Crippen molar-refractivity contribution in [2.24, 2.45) is 0 Å². The first-order valence-electron chi connectivity index (χ1n) is 13.9. The van der Waals surface area contributed by atoms with Crippen molar-refractivity contribution in [1.82, 2.24) is 5.32 Å². The van der Waals surface area contributed by atoms with Crippen LogP contribution in [-0.4, -0.2) is 29.7 Å². The molecule has 5 nitrogen and oxygen atoms in total. The molecule has 0 bridgehead atoms. The number of phenols is 1. The van der Waals surface area contributed by atoms with Crippen molar-refractivity contribution < 1.29 is 63.3 Å². The van der Waals surface area contributed by atoms with Gasteiger partial charge in [0.1, 0.15) is 23.1 Å². The van der Waals surface area contributed by atoms with Crippen molar-refractivity contribution in [3.63, 3.8) is 0 Å².